The average molecular weight is 274 g/mol. The van der Waals surface area contributed by atoms with Crippen molar-refractivity contribution in [2.24, 2.45) is 10.8 Å². The van der Waals surface area contributed by atoms with Crippen LogP contribution >= 0.6 is 0 Å². The molecule has 0 aliphatic heterocycles. The number of aliphatic hydroxyl groups excluding tert-OH is 3. The third-order valence-corrected chi connectivity index (χ3v) is 5.60. The van der Waals surface area contributed by atoms with Crippen LogP contribution < -0.4 is 0 Å². The van der Waals surface area contributed by atoms with Crippen molar-refractivity contribution in [2.75, 3.05) is 0 Å². The highest BCUT2D eigenvalue weighted by Crippen LogP contribution is 2.48. The summed E-state index contributed by atoms with van der Waals surface area (Å²) in [4.78, 5) is 0. The smallest absolute Gasteiger partial charge is 0.0701 e. The lowest BCUT2D eigenvalue weighted by Crippen LogP contribution is -2.56. The molecule has 0 aromatic heterocycles. The SMILES string of the molecule is CCC(O)C(CC)(CC)C(O)C(CC)(CC)C(C)O. The fraction of sp³-hybridized carbons (Fsp3) is 1.00. The number of rotatable bonds is 9. The third-order valence-electron chi connectivity index (χ3n) is 5.60. The summed E-state index contributed by atoms with van der Waals surface area (Å²) >= 11 is 0. The van der Waals surface area contributed by atoms with Gasteiger partial charge in [-0.3, -0.25) is 0 Å². The van der Waals surface area contributed by atoms with E-state index in [-0.39, 0.29) is 0 Å². The second-order valence-electron chi connectivity index (χ2n) is 5.88. The molecule has 0 heterocycles. The van der Waals surface area contributed by atoms with E-state index in [2.05, 4.69) is 0 Å². The molecule has 0 saturated heterocycles. The summed E-state index contributed by atoms with van der Waals surface area (Å²) in [6.45, 7) is 11.7. The Kier molecular flexibility index (Phi) is 7.56. The first-order valence-electron chi connectivity index (χ1n) is 7.86. The van der Waals surface area contributed by atoms with Gasteiger partial charge in [0.1, 0.15) is 0 Å². The summed E-state index contributed by atoms with van der Waals surface area (Å²) in [5.41, 5.74) is -1.07. The molecular formula is C16H34O3. The molecular weight excluding hydrogens is 240 g/mol. The lowest BCUT2D eigenvalue weighted by molar-refractivity contribution is -0.167. The molecule has 0 fully saturated rings. The Balaban J connectivity index is 5.67. The minimum Gasteiger partial charge on any atom is -0.393 e. The molecule has 0 aromatic carbocycles. The maximum absolute atomic E-state index is 11.0. The maximum atomic E-state index is 11.0. The first-order chi connectivity index (χ1) is 8.82. The molecule has 0 aliphatic carbocycles. The first-order valence-corrected chi connectivity index (χ1v) is 7.86. The Hall–Kier alpha value is -0.120. The van der Waals surface area contributed by atoms with Gasteiger partial charge < -0.3 is 15.3 Å². The van der Waals surface area contributed by atoms with Crippen molar-refractivity contribution in [3.8, 4) is 0 Å². The largest absolute Gasteiger partial charge is 0.393 e. The highest BCUT2D eigenvalue weighted by atomic mass is 16.3. The van der Waals surface area contributed by atoms with Crippen molar-refractivity contribution in [3.63, 3.8) is 0 Å². The van der Waals surface area contributed by atoms with Crippen molar-refractivity contribution in [1.29, 1.82) is 0 Å². The number of aliphatic hydroxyl groups is 3. The van der Waals surface area contributed by atoms with Crippen LogP contribution in [0.25, 0.3) is 0 Å². The molecule has 0 aliphatic rings. The van der Waals surface area contributed by atoms with E-state index in [0.29, 0.717) is 32.1 Å². The second kappa shape index (κ2) is 7.61. The topological polar surface area (TPSA) is 60.7 Å². The normalized spacial score (nSPS) is 18.2. The minimum absolute atomic E-state index is 0.530. The summed E-state index contributed by atoms with van der Waals surface area (Å²) in [7, 11) is 0. The quantitative estimate of drug-likeness (QED) is 0.605. The van der Waals surface area contributed by atoms with Crippen LogP contribution in [0, 0.1) is 10.8 Å². The van der Waals surface area contributed by atoms with Gasteiger partial charge in [-0.2, -0.15) is 0 Å². The van der Waals surface area contributed by atoms with Gasteiger partial charge in [-0.15, -0.1) is 0 Å². The number of hydrogen-bond acceptors (Lipinski definition) is 3. The van der Waals surface area contributed by atoms with Gasteiger partial charge in [-0.05, 0) is 39.0 Å². The predicted molar refractivity (Wildman–Crippen MR) is 80.0 cm³/mol. The fourth-order valence-electron chi connectivity index (χ4n) is 3.73. The minimum atomic E-state index is -0.694. The summed E-state index contributed by atoms with van der Waals surface area (Å²) < 4.78 is 0. The van der Waals surface area contributed by atoms with E-state index < -0.39 is 29.1 Å². The van der Waals surface area contributed by atoms with Gasteiger partial charge in [0, 0.05) is 10.8 Å². The van der Waals surface area contributed by atoms with Crippen molar-refractivity contribution < 1.29 is 15.3 Å². The van der Waals surface area contributed by atoms with Crippen molar-refractivity contribution in [3.05, 3.63) is 0 Å². The molecule has 0 amide bonds. The van der Waals surface area contributed by atoms with E-state index in [9.17, 15) is 15.3 Å². The van der Waals surface area contributed by atoms with Crippen molar-refractivity contribution in [2.45, 2.75) is 92.0 Å². The van der Waals surface area contributed by atoms with Gasteiger partial charge in [0.25, 0.3) is 0 Å². The van der Waals surface area contributed by atoms with E-state index in [1.807, 2.05) is 34.6 Å². The van der Waals surface area contributed by atoms with Gasteiger partial charge in [-0.25, -0.2) is 0 Å². The summed E-state index contributed by atoms with van der Waals surface area (Å²) in [6.07, 6.45) is 1.67. The zero-order valence-electron chi connectivity index (χ0n) is 13.6. The van der Waals surface area contributed by atoms with Crippen LogP contribution in [0.15, 0.2) is 0 Å². The Morgan fingerprint density at radius 3 is 1.32 bits per heavy atom. The van der Waals surface area contributed by atoms with Crippen LogP contribution in [0.2, 0.25) is 0 Å². The van der Waals surface area contributed by atoms with Crippen molar-refractivity contribution in [1.82, 2.24) is 0 Å². The molecule has 3 atom stereocenters. The van der Waals surface area contributed by atoms with E-state index in [4.69, 9.17) is 0 Å². The zero-order chi connectivity index (χ0) is 15.3. The van der Waals surface area contributed by atoms with Crippen molar-refractivity contribution >= 4 is 0 Å². The van der Waals surface area contributed by atoms with E-state index in [1.165, 1.54) is 0 Å². The van der Waals surface area contributed by atoms with E-state index in [0.717, 1.165) is 0 Å². The molecule has 0 spiro atoms. The van der Waals surface area contributed by atoms with Gasteiger partial charge in [0.15, 0.2) is 0 Å². The third kappa shape index (κ3) is 3.14. The molecule has 3 nitrogen and oxygen atoms in total. The average Bonchev–Trinajstić information content (AvgIpc) is 2.42. The highest BCUT2D eigenvalue weighted by molar-refractivity contribution is 5.01. The standard InChI is InChI=1S/C16H34O3/c1-7-13(18)16(10-4,11-5)14(19)15(8-2,9-3)12(6)17/h12-14,17-19H,7-11H2,1-6H3. The van der Waals surface area contributed by atoms with Gasteiger partial charge in [-0.1, -0.05) is 34.6 Å². The summed E-state index contributed by atoms with van der Waals surface area (Å²) in [5, 5.41) is 31.7. The zero-order valence-corrected chi connectivity index (χ0v) is 13.6. The molecule has 0 rings (SSSR count). The molecule has 3 N–H and O–H groups in total. The fourth-order valence-corrected chi connectivity index (χ4v) is 3.73. The van der Waals surface area contributed by atoms with Gasteiger partial charge in [0.2, 0.25) is 0 Å². The molecule has 3 heteroatoms. The van der Waals surface area contributed by atoms with E-state index in [1.54, 1.807) is 6.92 Å². The Morgan fingerprint density at radius 2 is 1.11 bits per heavy atom. The number of hydrogen-bond donors (Lipinski definition) is 3. The molecule has 3 unspecified atom stereocenters. The van der Waals surface area contributed by atoms with Crippen LogP contribution in [0.5, 0.6) is 0 Å². The Labute approximate surface area is 119 Å². The molecule has 0 saturated carbocycles. The first kappa shape index (κ1) is 18.9. The second-order valence-corrected chi connectivity index (χ2v) is 5.88. The summed E-state index contributed by atoms with van der Waals surface area (Å²) in [5.74, 6) is 0. The monoisotopic (exact) mass is 274 g/mol. The summed E-state index contributed by atoms with van der Waals surface area (Å²) in [6, 6.07) is 0. The molecule has 116 valence electrons. The van der Waals surface area contributed by atoms with Crippen LogP contribution in [0.1, 0.15) is 73.6 Å². The van der Waals surface area contributed by atoms with Crippen LogP contribution in [-0.4, -0.2) is 33.6 Å². The van der Waals surface area contributed by atoms with Crippen LogP contribution in [0.4, 0.5) is 0 Å². The molecule has 0 bridgehead atoms. The lowest BCUT2D eigenvalue weighted by Gasteiger charge is -2.51. The molecule has 19 heavy (non-hydrogen) atoms. The van der Waals surface area contributed by atoms with Crippen LogP contribution in [-0.2, 0) is 0 Å². The molecule has 0 aromatic rings. The highest BCUT2D eigenvalue weighted by Gasteiger charge is 2.51. The van der Waals surface area contributed by atoms with Gasteiger partial charge in [0.05, 0.1) is 18.3 Å². The predicted octanol–water partition coefficient (Wildman–Crippen LogP) is 3.11. The Morgan fingerprint density at radius 1 is 0.737 bits per heavy atom. The Bertz CT molecular complexity index is 242. The van der Waals surface area contributed by atoms with E-state index >= 15 is 0 Å². The lowest BCUT2D eigenvalue weighted by atomic mass is 9.59. The molecule has 0 radical (unpaired) electrons. The van der Waals surface area contributed by atoms with Crippen LogP contribution in [0.3, 0.4) is 0 Å². The maximum Gasteiger partial charge on any atom is 0.0701 e. The van der Waals surface area contributed by atoms with Gasteiger partial charge >= 0.3 is 0 Å².